The third-order valence-corrected chi connectivity index (χ3v) is 5.00. The molecule has 0 heterocycles. The van der Waals surface area contributed by atoms with Gasteiger partial charge in [0.05, 0.1) is 6.54 Å². The summed E-state index contributed by atoms with van der Waals surface area (Å²) in [6, 6.07) is 17.4. The molecule has 0 saturated carbocycles. The van der Waals surface area contributed by atoms with Gasteiger partial charge in [0.25, 0.3) is 0 Å². The number of hydrogen-bond acceptors (Lipinski definition) is 2. The topological polar surface area (TPSA) is 40.5 Å². The first kappa shape index (κ1) is 16.7. The summed E-state index contributed by atoms with van der Waals surface area (Å²) >= 11 is 0. The van der Waals surface area contributed by atoms with E-state index in [9.17, 15) is 4.79 Å². The molecule has 3 rings (SSSR count). The van der Waals surface area contributed by atoms with Crippen LogP contribution in [-0.4, -0.2) is 36.1 Å². The molecule has 0 aromatic heterocycles. The van der Waals surface area contributed by atoms with Crippen LogP contribution in [0.3, 0.4) is 0 Å². The Morgan fingerprint density at radius 2 is 1.96 bits per heavy atom. The third-order valence-electron chi connectivity index (χ3n) is 5.00. The number of carboxylic acids is 1. The van der Waals surface area contributed by atoms with Gasteiger partial charge in [0.2, 0.25) is 0 Å². The normalized spacial score (nSPS) is 20.0. The number of nitrogens with zero attached hydrogens (tertiary/aromatic N) is 1. The van der Waals surface area contributed by atoms with Crippen LogP contribution < -0.4 is 0 Å². The molecule has 0 saturated heterocycles. The molecular weight excluding hydrogens is 298 g/mol. The number of aliphatic carboxylic acids is 1. The fourth-order valence-electron chi connectivity index (χ4n) is 4.02. The average molecular weight is 323 g/mol. The lowest BCUT2D eigenvalue weighted by Gasteiger charge is -2.36. The predicted octanol–water partition coefficient (Wildman–Crippen LogP) is 3.71. The first-order chi connectivity index (χ1) is 11.5. The molecule has 0 fully saturated rings. The number of carbonyl (C=O) groups is 1. The summed E-state index contributed by atoms with van der Waals surface area (Å²) in [6.07, 6.45) is 2.17. The van der Waals surface area contributed by atoms with Gasteiger partial charge in [0.15, 0.2) is 0 Å². The molecule has 126 valence electrons. The highest BCUT2D eigenvalue weighted by Crippen LogP contribution is 2.41. The lowest BCUT2D eigenvalue weighted by molar-refractivity contribution is -0.138. The van der Waals surface area contributed by atoms with Gasteiger partial charge >= 0.3 is 5.97 Å². The standard InChI is InChI=1S/C21H25NO2/c1-15-8-11-19-17(12-15)9-10-18(13-22(2)14-20(23)24)21(19)16-6-4-3-5-7-16/h3-8,11-12,18,21H,9-10,13-14H2,1-2H3,(H,23,24)/t18-,21?/m1/s1. The fraction of sp³-hybridized carbons (Fsp3) is 0.381. The van der Waals surface area contributed by atoms with Gasteiger partial charge in [-0.2, -0.15) is 0 Å². The lowest BCUT2D eigenvalue weighted by Crippen LogP contribution is -2.35. The van der Waals surface area contributed by atoms with Crippen molar-refractivity contribution in [1.82, 2.24) is 4.90 Å². The number of rotatable bonds is 5. The molecular formula is C21H25NO2. The quantitative estimate of drug-likeness (QED) is 0.912. The number of fused-ring (bicyclic) bond motifs is 1. The Bertz CT molecular complexity index is 711. The van der Waals surface area contributed by atoms with Gasteiger partial charge in [-0.1, -0.05) is 54.1 Å². The van der Waals surface area contributed by atoms with Crippen LogP contribution in [0.1, 0.15) is 34.6 Å². The summed E-state index contributed by atoms with van der Waals surface area (Å²) in [4.78, 5) is 12.9. The van der Waals surface area contributed by atoms with Crippen molar-refractivity contribution in [1.29, 1.82) is 0 Å². The smallest absolute Gasteiger partial charge is 0.317 e. The Morgan fingerprint density at radius 3 is 2.67 bits per heavy atom. The molecule has 1 aliphatic rings. The maximum atomic E-state index is 11.0. The molecule has 1 aliphatic carbocycles. The number of carboxylic acid groups (broad SMARTS) is 1. The van der Waals surface area contributed by atoms with Crippen LogP contribution >= 0.6 is 0 Å². The summed E-state index contributed by atoms with van der Waals surface area (Å²) in [5, 5.41) is 9.04. The Labute approximate surface area is 143 Å². The molecule has 2 aromatic rings. The fourth-order valence-corrected chi connectivity index (χ4v) is 4.02. The van der Waals surface area contributed by atoms with Gasteiger partial charge in [0, 0.05) is 12.5 Å². The van der Waals surface area contributed by atoms with E-state index in [1.54, 1.807) is 0 Å². The zero-order valence-electron chi connectivity index (χ0n) is 14.4. The molecule has 0 bridgehead atoms. The molecule has 1 unspecified atom stereocenters. The first-order valence-corrected chi connectivity index (χ1v) is 8.59. The van der Waals surface area contributed by atoms with E-state index in [1.165, 1.54) is 22.3 Å². The van der Waals surface area contributed by atoms with Crippen molar-refractivity contribution in [3.8, 4) is 0 Å². The monoisotopic (exact) mass is 323 g/mol. The van der Waals surface area contributed by atoms with Gasteiger partial charge in [-0.15, -0.1) is 0 Å². The molecule has 3 heteroatoms. The Balaban J connectivity index is 1.94. The van der Waals surface area contributed by atoms with E-state index in [-0.39, 0.29) is 6.54 Å². The maximum Gasteiger partial charge on any atom is 0.317 e. The first-order valence-electron chi connectivity index (χ1n) is 8.59. The SMILES string of the molecule is Cc1ccc2c(c1)CC[C@H](CN(C)CC(=O)O)C2c1ccccc1. The van der Waals surface area contributed by atoms with Crippen molar-refractivity contribution in [2.24, 2.45) is 5.92 Å². The molecule has 3 nitrogen and oxygen atoms in total. The zero-order chi connectivity index (χ0) is 17.1. The van der Waals surface area contributed by atoms with Crippen LogP contribution in [0.5, 0.6) is 0 Å². The minimum atomic E-state index is -0.763. The summed E-state index contributed by atoms with van der Waals surface area (Å²) < 4.78 is 0. The number of likely N-dealkylation sites (N-methyl/N-ethyl adjacent to an activating group) is 1. The average Bonchev–Trinajstić information content (AvgIpc) is 2.54. The maximum absolute atomic E-state index is 11.0. The van der Waals surface area contributed by atoms with E-state index in [2.05, 4.69) is 49.4 Å². The van der Waals surface area contributed by atoms with Gasteiger partial charge in [-0.25, -0.2) is 0 Å². The highest BCUT2D eigenvalue weighted by Gasteiger charge is 2.31. The van der Waals surface area contributed by atoms with Gasteiger partial charge in [-0.05, 0) is 49.4 Å². The molecule has 0 radical (unpaired) electrons. The lowest BCUT2D eigenvalue weighted by atomic mass is 9.71. The van der Waals surface area contributed by atoms with E-state index >= 15 is 0 Å². The van der Waals surface area contributed by atoms with Crippen molar-refractivity contribution in [3.05, 3.63) is 70.8 Å². The van der Waals surface area contributed by atoms with Crippen LogP contribution in [0.25, 0.3) is 0 Å². The van der Waals surface area contributed by atoms with Crippen LogP contribution in [0.15, 0.2) is 48.5 Å². The largest absolute Gasteiger partial charge is 0.480 e. The van der Waals surface area contributed by atoms with Crippen LogP contribution in [0.2, 0.25) is 0 Å². The summed E-state index contributed by atoms with van der Waals surface area (Å²) in [5.41, 5.74) is 5.49. The zero-order valence-corrected chi connectivity index (χ0v) is 14.4. The van der Waals surface area contributed by atoms with E-state index in [0.717, 1.165) is 19.4 Å². The van der Waals surface area contributed by atoms with Crippen molar-refractivity contribution in [2.75, 3.05) is 20.1 Å². The van der Waals surface area contributed by atoms with Crippen LogP contribution in [0.4, 0.5) is 0 Å². The Kier molecular flexibility index (Phi) is 5.00. The molecule has 2 atom stereocenters. The molecule has 0 spiro atoms. The highest BCUT2D eigenvalue weighted by molar-refractivity contribution is 5.69. The number of hydrogen-bond donors (Lipinski definition) is 1. The van der Waals surface area contributed by atoms with Crippen LogP contribution in [0, 0.1) is 12.8 Å². The van der Waals surface area contributed by atoms with Gasteiger partial charge in [-0.3, -0.25) is 9.69 Å². The second kappa shape index (κ2) is 7.18. The summed E-state index contributed by atoms with van der Waals surface area (Å²) in [5.74, 6) is 0.0133. The third kappa shape index (κ3) is 3.68. The molecule has 0 aliphatic heterocycles. The number of benzene rings is 2. The highest BCUT2D eigenvalue weighted by atomic mass is 16.4. The Morgan fingerprint density at radius 1 is 1.21 bits per heavy atom. The van der Waals surface area contributed by atoms with Crippen molar-refractivity contribution < 1.29 is 9.90 Å². The van der Waals surface area contributed by atoms with Gasteiger partial charge < -0.3 is 5.11 Å². The molecule has 2 aromatic carbocycles. The van der Waals surface area contributed by atoms with E-state index < -0.39 is 5.97 Å². The predicted molar refractivity (Wildman–Crippen MR) is 96.4 cm³/mol. The molecule has 24 heavy (non-hydrogen) atoms. The van der Waals surface area contributed by atoms with Crippen molar-refractivity contribution >= 4 is 5.97 Å². The minimum absolute atomic E-state index is 0.0960. The minimum Gasteiger partial charge on any atom is -0.480 e. The molecule has 1 N–H and O–H groups in total. The van der Waals surface area contributed by atoms with Crippen molar-refractivity contribution in [3.63, 3.8) is 0 Å². The van der Waals surface area contributed by atoms with Crippen molar-refractivity contribution in [2.45, 2.75) is 25.7 Å². The second-order valence-electron chi connectivity index (χ2n) is 6.98. The van der Waals surface area contributed by atoms with E-state index in [4.69, 9.17) is 5.11 Å². The van der Waals surface area contributed by atoms with Gasteiger partial charge in [0.1, 0.15) is 0 Å². The van der Waals surface area contributed by atoms with E-state index in [1.807, 2.05) is 18.0 Å². The second-order valence-corrected chi connectivity index (χ2v) is 6.98. The van der Waals surface area contributed by atoms with E-state index in [0.29, 0.717) is 11.8 Å². The Hall–Kier alpha value is -2.13. The number of aryl methyl sites for hydroxylation is 2. The summed E-state index contributed by atoms with van der Waals surface area (Å²) in [6.45, 7) is 3.04. The molecule has 0 amide bonds. The summed E-state index contributed by atoms with van der Waals surface area (Å²) in [7, 11) is 1.90. The van der Waals surface area contributed by atoms with Crippen LogP contribution in [-0.2, 0) is 11.2 Å².